The van der Waals surface area contributed by atoms with Gasteiger partial charge in [0.1, 0.15) is 0 Å². The lowest BCUT2D eigenvalue weighted by atomic mass is 10.1. The third kappa shape index (κ3) is 5.29. The second kappa shape index (κ2) is 9.15. The third-order valence-corrected chi connectivity index (χ3v) is 6.06. The van der Waals surface area contributed by atoms with E-state index in [4.69, 9.17) is 4.74 Å². The zero-order valence-electron chi connectivity index (χ0n) is 14.2. The number of carbonyl (C=O) groups is 1. The largest absolute Gasteiger partial charge is 0.383 e. The molecule has 0 aromatic heterocycles. The molecule has 0 spiro atoms. The van der Waals surface area contributed by atoms with Crippen molar-refractivity contribution in [1.29, 1.82) is 0 Å². The summed E-state index contributed by atoms with van der Waals surface area (Å²) in [7, 11) is -1.80. The molecule has 1 saturated heterocycles. The quantitative estimate of drug-likeness (QED) is 0.719. The molecule has 0 atom stereocenters. The average Bonchev–Trinajstić information content (AvgIpc) is 2.61. The summed E-state index contributed by atoms with van der Waals surface area (Å²) in [4.78, 5) is 12.0. The van der Waals surface area contributed by atoms with Gasteiger partial charge in [-0.05, 0) is 37.0 Å². The Kier molecular flexibility index (Phi) is 7.20. The van der Waals surface area contributed by atoms with Crippen LogP contribution in [0, 0.1) is 0 Å². The smallest absolute Gasteiger partial charge is 0.243 e. The molecule has 0 aliphatic carbocycles. The Morgan fingerprint density at radius 3 is 2.46 bits per heavy atom. The highest BCUT2D eigenvalue weighted by Crippen LogP contribution is 2.21. The number of hydrogen-bond donors (Lipinski definition) is 1. The van der Waals surface area contributed by atoms with Crippen LogP contribution >= 0.6 is 0 Å². The van der Waals surface area contributed by atoms with Gasteiger partial charge in [-0.15, -0.1) is 0 Å². The van der Waals surface area contributed by atoms with Gasteiger partial charge in [-0.2, -0.15) is 4.31 Å². The van der Waals surface area contributed by atoms with Crippen molar-refractivity contribution in [2.75, 3.05) is 33.4 Å². The number of amides is 1. The maximum absolute atomic E-state index is 12.6. The van der Waals surface area contributed by atoms with Gasteiger partial charge in [-0.1, -0.05) is 18.6 Å². The van der Waals surface area contributed by atoms with Crippen molar-refractivity contribution in [3.8, 4) is 0 Å². The van der Waals surface area contributed by atoms with Crippen LogP contribution in [0.1, 0.15) is 31.2 Å². The minimum absolute atomic E-state index is 0.0305. The molecular formula is C17H26N2O4S. The zero-order chi connectivity index (χ0) is 17.4. The fraction of sp³-hybridized carbons (Fsp3) is 0.588. The van der Waals surface area contributed by atoms with Crippen LogP contribution in [0.15, 0.2) is 29.2 Å². The predicted molar refractivity (Wildman–Crippen MR) is 92.3 cm³/mol. The molecule has 7 heteroatoms. The van der Waals surface area contributed by atoms with Gasteiger partial charge in [0, 0.05) is 33.2 Å². The van der Waals surface area contributed by atoms with Crippen LogP contribution in [0.3, 0.4) is 0 Å². The van der Waals surface area contributed by atoms with Gasteiger partial charge in [-0.3, -0.25) is 4.79 Å². The number of nitrogens with one attached hydrogen (secondary N) is 1. The molecule has 0 saturated carbocycles. The summed E-state index contributed by atoms with van der Waals surface area (Å²) < 4.78 is 31.6. The van der Waals surface area contributed by atoms with Gasteiger partial charge in [0.25, 0.3) is 0 Å². The molecule has 1 aliphatic rings. The van der Waals surface area contributed by atoms with Crippen LogP contribution in [-0.2, 0) is 26.0 Å². The molecule has 0 unspecified atom stereocenters. The first-order chi connectivity index (χ1) is 11.5. The van der Waals surface area contributed by atoms with Gasteiger partial charge in [0.05, 0.1) is 11.5 Å². The topological polar surface area (TPSA) is 75.7 Å². The van der Waals surface area contributed by atoms with Crippen LogP contribution in [0.2, 0.25) is 0 Å². The lowest BCUT2D eigenvalue weighted by Gasteiger charge is -2.25. The summed E-state index contributed by atoms with van der Waals surface area (Å²) >= 11 is 0. The van der Waals surface area contributed by atoms with Crippen molar-refractivity contribution in [1.82, 2.24) is 9.62 Å². The SMILES string of the molecule is COCCNC(=O)CCc1ccc(S(=O)(=O)N2CCCCC2)cc1. The van der Waals surface area contributed by atoms with Crippen molar-refractivity contribution in [3.05, 3.63) is 29.8 Å². The Hall–Kier alpha value is -1.44. The Labute approximate surface area is 144 Å². The number of aryl methyl sites for hydroxylation is 1. The van der Waals surface area contributed by atoms with Crippen LogP contribution in [0.4, 0.5) is 0 Å². The monoisotopic (exact) mass is 354 g/mol. The highest BCUT2D eigenvalue weighted by molar-refractivity contribution is 7.89. The first-order valence-corrected chi connectivity index (χ1v) is 9.83. The number of benzene rings is 1. The van der Waals surface area contributed by atoms with Gasteiger partial charge < -0.3 is 10.1 Å². The van der Waals surface area contributed by atoms with Crippen molar-refractivity contribution in [2.45, 2.75) is 37.0 Å². The summed E-state index contributed by atoms with van der Waals surface area (Å²) in [5, 5.41) is 2.77. The molecule has 134 valence electrons. The lowest BCUT2D eigenvalue weighted by molar-refractivity contribution is -0.121. The van der Waals surface area contributed by atoms with E-state index in [0.29, 0.717) is 44.0 Å². The number of ether oxygens (including phenoxy) is 1. The summed E-state index contributed by atoms with van der Waals surface area (Å²) in [5.74, 6) is -0.0305. The minimum atomic E-state index is -3.38. The molecule has 24 heavy (non-hydrogen) atoms. The highest BCUT2D eigenvalue weighted by atomic mass is 32.2. The zero-order valence-corrected chi connectivity index (χ0v) is 15.0. The van der Waals surface area contributed by atoms with Crippen molar-refractivity contribution >= 4 is 15.9 Å². The summed E-state index contributed by atoms with van der Waals surface area (Å²) in [6, 6.07) is 6.86. The maximum atomic E-state index is 12.6. The molecular weight excluding hydrogens is 328 g/mol. The van der Waals surface area contributed by atoms with Crippen LogP contribution in [0.25, 0.3) is 0 Å². The van der Waals surface area contributed by atoms with Gasteiger partial charge in [0.15, 0.2) is 0 Å². The molecule has 1 N–H and O–H groups in total. The minimum Gasteiger partial charge on any atom is -0.383 e. The molecule has 1 aromatic carbocycles. The number of methoxy groups -OCH3 is 1. The maximum Gasteiger partial charge on any atom is 0.243 e. The molecule has 1 aromatic rings. The van der Waals surface area contributed by atoms with E-state index in [1.807, 2.05) is 0 Å². The van der Waals surface area contributed by atoms with Crippen molar-refractivity contribution < 1.29 is 17.9 Å². The summed E-state index contributed by atoms with van der Waals surface area (Å²) in [6.07, 6.45) is 3.91. The van der Waals surface area contributed by atoms with E-state index in [-0.39, 0.29) is 5.91 Å². The second-order valence-electron chi connectivity index (χ2n) is 5.95. The van der Waals surface area contributed by atoms with E-state index >= 15 is 0 Å². The molecule has 6 nitrogen and oxygen atoms in total. The Bertz CT molecular complexity index is 622. The van der Waals surface area contributed by atoms with E-state index < -0.39 is 10.0 Å². The molecule has 1 heterocycles. The molecule has 1 amide bonds. The average molecular weight is 354 g/mol. The fourth-order valence-electron chi connectivity index (χ4n) is 2.72. The summed E-state index contributed by atoms with van der Waals surface area (Å²) in [5.41, 5.74) is 0.953. The van der Waals surface area contributed by atoms with Gasteiger partial charge in [-0.25, -0.2) is 8.42 Å². The summed E-state index contributed by atoms with van der Waals surface area (Å²) in [6.45, 7) is 2.20. The highest BCUT2D eigenvalue weighted by Gasteiger charge is 2.25. The number of piperidine rings is 1. The van der Waals surface area contributed by atoms with Gasteiger partial charge in [0.2, 0.25) is 15.9 Å². The molecule has 1 aliphatic heterocycles. The van der Waals surface area contributed by atoms with Gasteiger partial charge >= 0.3 is 0 Å². The fourth-order valence-corrected chi connectivity index (χ4v) is 4.24. The molecule has 0 radical (unpaired) electrons. The van der Waals surface area contributed by atoms with E-state index in [2.05, 4.69) is 5.32 Å². The lowest BCUT2D eigenvalue weighted by Crippen LogP contribution is -2.35. The van der Waals surface area contributed by atoms with E-state index in [1.165, 1.54) is 0 Å². The van der Waals surface area contributed by atoms with Crippen LogP contribution < -0.4 is 5.32 Å². The standard InChI is InChI=1S/C17H26N2O4S/c1-23-14-11-18-17(20)10-7-15-5-8-16(9-6-15)24(21,22)19-12-3-2-4-13-19/h5-6,8-9H,2-4,7,10-14H2,1H3,(H,18,20). The predicted octanol–water partition coefficient (Wildman–Crippen LogP) is 1.56. The normalized spacial score (nSPS) is 16.0. The van der Waals surface area contributed by atoms with Crippen molar-refractivity contribution in [2.24, 2.45) is 0 Å². The number of rotatable bonds is 8. The third-order valence-electron chi connectivity index (χ3n) is 4.15. The molecule has 2 rings (SSSR count). The number of sulfonamides is 1. The van der Waals surface area contributed by atoms with Crippen molar-refractivity contribution in [3.63, 3.8) is 0 Å². The first kappa shape index (κ1) is 18.9. The van der Waals surface area contributed by atoms with Crippen LogP contribution in [0.5, 0.6) is 0 Å². The second-order valence-corrected chi connectivity index (χ2v) is 7.89. The first-order valence-electron chi connectivity index (χ1n) is 8.39. The Balaban J connectivity index is 1.89. The Morgan fingerprint density at radius 1 is 1.17 bits per heavy atom. The van der Waals surface area contributed by atoms with E-state index in [0.717, 1.165) is 24.8 Å². The van der Waals surface area contributed by atoms with E-state index in [9.17, 15) is 13.2 Å². The van der Waals surface area contributed by atoms with E-state index in [1.54, 1.807) is 35.7 Å². The van der Waals surface area contributed by atoms with Crippen LogP contribution in [-0.4, -0.2) is 52.0 Å². The Morgan fingerprint density at radius 2 is 1.83 bits per heavy atom. The number of carbonyl (C=O) groups excluding carboxylic acids is 1. The number of hydrogen-bond acceptors (Lipinski definition) is 4. The molecule has 1 fully saturated rings. The molecule has 0 bridgehead atoms. The number of nitrogens with zero attached hydrogens (tertiary/aromatic N) is 1.